The first-order valence-corrected chi connectivity index (χ1v) is 7.34. The zero-order chi connectivity index (χ0) is 16.2. The first-order valence-electron chi connectivity index (χ1n) is 7.34. The van der Waals surface area contributed by atoms with E-state index >= 15 is 0 Å². The van der Waals surface area contributed by atoms with Gasteiger partial charge in [-0.3, -0.25) is 14.9 Å². The van der Waals surface area contributed by atoms with Crippen molar-refractivity contribution < 1.29 is 19.2 Å². The summed E-state index contributed by atoms with van der Waals surface area (Å²) in [5.41, 5.74) is 0.806. The third-order valence-electron chi connectivity index (χ3n) is 3.60. The molecule has 0 spiro atoms. The van der Waals surface area contributed by atoms with E-state index in [1.54, 1.807) is 18.2 Å². The SMILES string of the molecule is O=C(c1ccc([N+](=O)[O-])cc1)c1ccc2c(c1)OCCCCO2. The van der Waals surface area contributed by atoms with E-state index in [0.29, 0.717) is 35.8 Å². The van der Waals surface area contributed by atoms with Gasteiger partial charge in [0.1, 0.15) is 0 Å². The maximum Gasteiger partial charge on any atom is 0.269 e. The Labute approximate surface area is 132 Å². The monoisotopic (exact) mass is 313 g/mol. The normalized spacial score (nSPS) is 13.7. The lowest BCUT2D eigenvalue weighted by Crippen LogP contribution is -2.09. The van der Waals surface area contributed by atoms with Crippen molar-refractivity contribution in [1.82, 2.24) is 0 Å². The number of ketones is 1. The van der Waals surface area contributed by atoms with Crippen molar-refractivity contribution in [2.75, 3.05) is 13.2 Å². The van der Waals surface area contributed by atoms with Crippen LogP contribution in [0.1, 0.15) is 28.8 Å². The maximum atomic E-state index is 12.5. The molecule has 0 unspecified atom stereocenters. The van der Waals surface area contributed by atoms with Gasteiger partial charge < -0.3 is 9.47 Å². The summed E-state index contributed by atoms with van der Waals surface area (Å²) in [4.78, 5) is 22.7. The molecule has 0 amide bonds. The number of hydrogen-bond donors (Lipinski definition) is 0. The largest absolute Gasteiger partial charge is 0.490 e. The van der Waals surface area contributed by atoms with E-state index in [9.17, 15) is 14.9 Å². The summed E-state index contributed by atoms with van der Waals surface area (Å²) in [5, 5.41) is 10.7. The Morgan fingerprint density at radius 3 is 2.17 bits per heavy atom. The van der Waals surface area contributed by atoms with E-state index in [2.05, 4.69) is 0 Å². The average Bonchev–Trinajstić information content (AvgIpc) is 2.54. The third-order valence-corrected chi connectivity index (χ3v) is 3.60. The molecule has 3 rings (SSSR count). The van der Waals surface area contributed by atoms with Gasteiger partial charge in [-0.25, -0.2) is 0 Å². The van der Waals surface area contributed by atoms with Crippen molar-refractivity contribution in [1.29, 1.82) is 0 Å². The molecule has 1 aliphatic rings. The molecular weight excluding hydrogens is 298 g/mol. The number of nitrogens with zero attached hydrogens (tertiary/aromatic N) is 1. The summed E-state index contributed by atoms with van der Waals surface area (Å²) in [5.74, 6) is 0.968. The van der Waals surface area contributed by atoms with Gasteiger partial charge in [-0.05, 0) is 43.2 Å². The van der Waals surface area contributed by atoms with Gasteiger partial charge in [-0.2, -0.15) is 0 Å². The molecule has 0 bridgehead atoms. The van der Waals surface area contributed by atoms with Crippen LogP contribution in [0.3, 0.4) is 0 Å². The minimum absolute atomic E-state index is 0.0449. The first kappa shape index (κ1) is 15.0. The highest BCUT2D eigenvalue weighted by Crippen LogP contribution is 2.31. The molecule has 0 atom stereocenters. The quantitative estimate of drug-likeness (QED) is 0.493. The van der Waals surface area contributed by atoms with Crippen LogP contribution in [0.2, 0.25) is 0 Å². The van der Waals surface area contributed by atoms with Gasteiger partial charge >= 0.3 is 0 Å². The fourth-order valence-corrected chi connectivity index (χ4v) is 2.35. The van der Waals surface area contributed by atoms with Gasteiger partial charge in [0, 0.05) is 23.3 Å². The summed E-state index contributed by atoms with van der Waals surface area (Å²) in [6, 6.07) is 10.6. The van der Waals surface area contributed by atoms with E-state index in [4.69, 9.17) is 9.47 Å². The molecular formula is C17H15NO5. The highest BCUT2D eigenvalue weighted by molar-refractivity contribution is 6.09. The predicted octanol–water partition coefficient (Wildman–Crippen LogP) is 3.38. The first-order chi connectivity index (χ1) is 11.1. The molecule has 0 saturated heterocycles. The van der Waals surface area contributed by atoms with Crippen LogP contribution < -0.4 is 9.47 Å². The van der Waals surface area contributed by atoms with Gasteiger partial charge in [0.25, 0.3) is 5.69 Å². The van der Waals surface area contributed by atoms with E-state index < -0.39 is 4.92 Å². The highest BCUT2D eigenvalue weighted by atomic mass is 16.6. The molecule has 6 heteroatoms. The second kappa shape index (κ2) is 6.48. The van der Waals surface area contributed by atoms with Crippen molar-refractivity contribution in [2.24, 2.45) is 0 Å². The number of nitro benzene ring substituents is 1. The van der Waals surface area contributed by atoms with Crippen LogP contribution in [0, 0.1) is 10.1 Å². The van der Waals surface area contributed by atoms with Crippen LogP contribution in [0.4, 0.5) is 5.69 Å². The van der Waals surface area contributed by atoms with Crippen molar-refractivity contribution in [3.05, 3.63) is 63.7 Å². The molecule has 1 aliphatic heterocycles. The van der Waals surface area contributed by atoms with Gasteiger partial charge in [0.2, 0.25) is 0 Å². The van der Waals surface area contributed by atoms with Gasteiger partial charge in [0.15, 0.2) is 17.3 Å². The van der Waals surface area contributed by atoms with Crippen LogP contribution in [0.25, 0.3) is 0 Å². The van der Waals surface area contributed by atoms with Crippen molar-refractivity contribution >= 4 is 11.5 Å². The topological polar surface area (TPSA) is 78.7 Å². The van der Waals surface area contributed by atoms with Gasteiger partial charge in [-0.15, -0.1) is 0 Å². The van der Waals surface area contributed by atoms with Crippen LogP contribution in [0.5, 0.6) is 11.5 Å². The molecule has 0 N–H and O–H groups in total. The molecule has 1 heterocycles. The summed E-state index contributed by atoms with van der Waals surface area (Å²) in [6.07, 6.45) is 1.84. The van der Waals surface area contributed by atoms with E-state index in [1.165, 1.54) is 24.3 Å². The van der Waals surface area contributed by atoms with Crippen LogP contribution >= 0.6 is 0 Å². The van der Waals surface area contributed by atoms with Gasteiger partial charge in [0.05, 0.1) is 18.1 Å². The Hall–Kier alpha value is -2.89. The van der Waals surface area contributed by atoms with Crippen LogP contribution in [-0.4, -0.2) is 23.9 Å². The molecule has 0 radical (unpaired) electrons. The molecule has 0 fully saturated rings. The molecule has 0 saturated carbocycles. The van der Waals surface area contributed by atoms with Crippen molar-refractivity contribution in [2.45, 2.75) is 12.8 Å². The fourth-order valence-electron chi connectivity index (χ4n) is 2.35. The zero-order valence-corrected chi connectivity index (χ0v) is 12.4. The Balaban J connectivity index is 1.87. The number of hydrogen-bond acceptors (Lipinski definition) is 5. The maximum absolute atomic E-state index is 12.5. The summed E-state index contributed by atoms with van der Waals surface area (Å²) >= 11 is 0. The van der Waals surface area contributed by atoms with Crippen LogP contribution in [0.15, 0.2) is 42.5 Å². The third kappa shape index (κ3) is 3.31. The van der Waals surface area contributed by atoms with E-state index in [0.717, 1.165) is 12.8 Å². The number of non-ortho nitro benzene ring substituents is 1. The van der Waals surface area contributed by atoms with Crippen molar-refractivity contribution in [3.63, 3.8) is 0 Å². The number of ether oxygens (including phenoxy) is 2. The Kier molecular flexibility index (Phi) is 4.23. The lowest BCUT2D eigenvalue weighted by molar-refractivity contribution is -0.384. The molecule has 118 valence electrons. The zero-order valence-electron chi connectivity index (χ0n) is 12.4. The molecule has 23 heavy (non-hydrogen) atoms. The number of carbonyl (C=O) groups is 1. The molecule has 2 aromatic carbocycles. The Morgan fingerprint density at radius 2 is 1.52 bits per heavy atom. The lowest BCUT2D eigenvalue weighted by atomic mass is 10.0. The number of nitro groups is 1. The van der Waals surface area contributed by atoms with Crippen LogP contribution in [-0.2, 0) is 0 Å². The second-order valence-corrected chi connectivity index (χ2v) is 5.20. The minimum Gasteiger partial charge on any atom is -0.490 e. The summed E-state index contributed by atoms with van der Waals surface area (Å²) < 4.78 is 11.2. The lowest BCUT2D eigenvalue weighted by Gasteiger charge is -2.17. The molecule has 2 aromatic rings. The predicted molar refractivity (Wildman–Crippen MR) is 83.2 cm³/mol. The second-order valence-electron chi connectivity index (χ2n) is 5.20. The highest BCUT2D eigenvalue weighted by Gasteiger charge is 2.16. The fraction of sp³-hybridized carbons (Fsp3) is 0.235. The van der Waals surface area contributed by atoms with Crippen molar-refractivity contribution in [3.8, 4) is 11.5 Å². The molecule has 0 aliphatic carbocycles. The van der Waals surface area contributed by atoms with E-state index in [-0.39, 0.29) is 11.5 Å². The molecule has 6 nitrogen and oxygen atoms in total. The summed E-state index contributed by atoms with van der Waals surface area (Å²) in [6.45, 7) is 1.22. The Bertz CT molecular complexity index is 739. The number of rotatable bonds is 3. The smallest absolute Gasteiger partial charge is 0.269 e. The number of fused-ring (bicyclic) bond motifs is 1. The van der Waals surface area contributed by atoms with Gasteiger partial charge in [-0.1, -0.05) is 0 Å². The minimum atomic E-state index is -0.495. The standard InChI is InChI=1S/C17H15NO5/c19-17(12-3-6-14(7-4-12)18(20)21)13-5-8-15-16(11-13)23-10-2-1-9-22-15/h3-8,11H,1-2,9-10H2. The number of carbonyl (C=O) groups excluding carboxylic acids is 1. The number of benzene rings is 2. The molecule has 0 aromatic heterocycles. The Morgan fingerprint density at radius 1 is 0.913 bits per heavy atom. The summed E-state index contributed by atoms with van der Waals surface area (Å²) in [7, 11) is 0. The average molecular weight is 313 g/mol. The van der Waals surface area contributed by atoms with E-state index in [1.807, 2.05) is 0 Å².